The van der Waals surface area contributed by atoms with Crippen LogP contribution >= 0.6 is 0 Å². The summed E-state index contributed by atoms with van der Waals surface area (Å²) in [7, 11) is 1.65. The molecule has 192 valence electrons. The Kier molecular flexibility index (Phi) is 5.94. The van der Waals surface area contributed by atoms with E-state index < -0.39 is 34.5 Å². The Morgan fingerprint density at radius 1 is 1.17 bits per heavy atom. The van der Waals surface area contributed by atoms with E-state index in [1.165, 1.54) is 17.0 Å². The van der Waals surface area contributed by atoms with E-state index in [0.717, 1.165) is 19.9 Å². The van der Waals surface area contributed by atoms with Gasteiger partial charge in [-0.3, -0.25) is 4.79 Å². The fourth-order valence-corrected chi connectivity index (χ4v) is 4.32. The molecule has 0 aliphatic carbocycles. The number of anilines is 2. The lowest BCUT2D eigenvalue weighted by Crippen LogP contribution is -2.50. The monoisotopic (exact) mass is 502 g/mol. The van der Waals surface area contributed by atoms with Crippen molar-refractivity contribution >= 4 is 28.2 Å². The van der Waals surface area contributed by atoms with Crippen LogP contribution in [0, 0.1) is 12.7 Å². The van der Waals surface area contributed by atoms with Crippen LogP contribution in [0.1, 0.15) is 57.5 Å². The van der Waals surface area contributed by atoms with E-state index in [2.05, 4.69) is 15.5 Å². The first-order valence-electron chi connectivity index (χ1n) is 11.5. The van der Waals surface area contributed by atoms with Crippen LogP contribution in [0.5, 0.6) is 5.75 Å². The van der Waals surface area contributed by atoms with Gasteiger partial charge in [0.2, 0.25) is 0 Å². The van der Waals surface area contributed by atoms with Crippen molar-refractivity contribution < 1.29 is 27.8 Å². The van der Waals surface area contributed by atoms with E-state index in [1.54, 1.807) is 46.9 Å². The molecule has 2 heterocycles. The number of fused-ring (bicyclic) bond motifs is 2. The molecule has 1 atom stereocenters. The maximum absolute atomic E-state index is 15.3. The van der Waals surface area contributed by atoms with E-state index in [0.29, 0.717) is 27.9 Å². The van der Waals surface area contributed by atoms with E-state index in [9.17, 15) is 18.7 Å². The van der Waals surface area contributed by atoms with E-state index in [1.807, 2.05) is 0 Å². The van der Waals surface area contributed by atoms with Gasteiger partial charge in [-0.15, -0.1) is 5.10 Å². The normalized spacial score (nSPS) is 16.5. The lowest BCUT2D eigenvalue weighted by Gasteiger charge is -2.37. The van der Waals surface area contributed by atoms with Crippen molar-refractivity contribution in [2.75, 3.05) is 17.3 Å². The number of rotatable bonds is 5. The van der Waals surface area contributed by atoms with Crippen LogP contribution < -0.4 is 15.0 Å². The molecule has 2 aromatic carbocycles. The number of alkyl halides is 2. The maximum atomic E-state index is 15.3. The first-order valence-corrected chi connectivity index (χ1v) is 11.5. The van der Waals surface area contributed by atoms with Crippen LogP contribution in [0.3, 0.4) is 0 Å². The average molecular weight is 503 g/mol. The molecule has 0 bridgehead atoms. The summed E-state index contributed by atoms with van der Waals surface area (Å²) in [5.74, 6) is -4.35. The van der Waals surface area contributed by atoms with Gasteiger partial charge in [0.15, 0.2) is 11.4 Å². The third kappa shape index (κ3) is 4.03. The molecule has 0 saturated heterocycles. The Morgan fingerprint density at radius 3 is 2.47 bits per heavy atom. The van der Waals surface area contributed by atoms with Gasteiger partial charge in [0.25, 0.3) is 5.91 Å². The lowest BCUT2D eigenvalue weighted by atomic mass is 9.91. The van der Waals surface area contributed by atoms with Gasteiger partial charge < -0.3 is 20.1 Å². The molecule has 4 rings (SSSR count). The van der Waals surface area contributed by atoms with E-state index >= 15 is 4.39 Å². The highest BCUT2D eigenvalue weighted by Crippen LogP contribution is 2.43. The van der Waals surface area contributed by atoms with Crippen molar-refractivity contribution in [3.05, 3.63) is 53.0 Å². The third-order valence-electron chi connectivity index (χ3n) is 6.55. The van der Waals surface area contributed by atoms with Crippen LogP contribution in [0.25, 0.3) is 10.8 Å². The molecule has 10 heteroatoms. The van der Waals surface area contributed by atoms with Gasteiger partial charge in [-0.1, -0.05) is 12.1 Å². The molecule has 0 fully saturated rings. The van der Waals surface area contributed by atoms with Gasteiger partial charge in [-0.05, 0) is 59.7 Å². The first-order chi connectivity index (χ1) is 16.6. The summed E-state index contributed by atoms with van der Waals surface area (Å²) >= 11 is 0. The number of nitrogens with one attached hydrogen (secondary N) is 1. The highest BCUT2D eigenvalue weighted by atomic mass is 19.3. The van der Waals surface area contributed by atoms with Crippen molar-refractivity contribution in [3.8, 4) is 5.75 Å². The van der Waals surface area contributed by atoms with Gasteiger partial charge in [0, 0.05) is 23.4 Å². The van der Waals surface area contributed by atoms with Crippen molar-refractivity contribution in [2.45, 2.75) is 64.7 Å². The minimum absolute atomic E-state index is 0.0257. The zero-order valence-electron chi connectivity index (χ0n) is 21.2. The lowest BCUT2D eigenvalue weighted by molar-refractivity contribution is -0.170. The van der Waals surface area contributed by atoms with Gasteiger partial charge in [0.1, 0.15) is 17.2 Å². The molecule has 1 aromatic heterocycles. The fraction of sp³-hybridized carbons (Fsp3) is 0.423. The SMILES string of the molecule is Cc1nnc(NC(C)c2cccc(C(F)(F)C(C)(C)O)c2F)c2cc3c(cc12)OC(C)(C)C(=O)N3C. The highest BCUT2D eigenvalue weighted by Gasteiger charge is 2.49. The standard InChI is InChI=1S/C26H29F3N4O3/c1-13(15-9-8-10-18(21(15)27)26(28,29)25(5,6)35)30-22-17-11-19-20(12-16(17)14(2)31-32-22)36-24(3,4)23(34)33(19)7/h8-13,35H,1-7H3,(H,30,32). The number of nitrogens with zero attached hydrogens (tertiary/aromatic N) is 3. The van der Waals surface area contributed by atoms with Crippen LogP contribution in [0.15, 0.2) is 30.3 Å². The molecular weight excluding hydrogens is 473 g/mol. The average Bonchev–Trinajstić information content (AvgIpc) is 2.78. The van der Waals surface area contributed by atoms with Gasteiger partial charge in [-0.2, -0.15) is 13.9 Å². The molecule has 1 aliphatic rings. The van der Waals surface area contributed by atoms with Crippen molar-refractivity contribution in [3.63, 3.8) is 0 Å². The van der Waals surface area contributed by atoms with Gasteiger partial charge in [-0.25, -0.2) is 4.39 Å². The molecule has 0 radical (unpaired) electrons. The number of carbonyl (C=O) groups excluding carboxylic acids is 1. The largest absolute Gasteiger partial charge is 0.476 e. The fourth-order valence-electron chi connectivity index (χ4n) is 4.32. The predicted molar refractivity (Wildman–Crippen MR) is 131 cm³/mol. The number of benzene rings is 2. The Labute approximate surface area is 207 Å². The molecule has 7 nitrogen and oxygen atoms in total. The minimum atomic E-state index is -3.81. The molecule has 0 saturated carbocycles. The molecule has 36 heavy (non-hydrogen) atoms. The summed E-state index contributed by atoms with van der Waals surface area (Å²) in [5, 5.41) is 22.7. The van der Waals surface area contributed by atoms with Crippen LogP contribution in [-0.2, 0) is 10.7 Å². The summed E-state index contributed by atoms with van der Waals surface area (Å²) in [6.45, 7) is 8.63. The number of aromatic nitrogens is 2. The second-order valence-corrected chi connectivity index (χ2v) is 10.2. The summed E-state index contributed by atoms with van der Waals surface area (Å²) in [6.07, 6.45) is 0. The molecule has 1 aliphatic heterocycles. The summed E-state index contributed by atoms with van der Waals surface area (Å²) in [6, 6.07) is 6.41. The van der Waals surface area contributed by atoms with Crippen molar-refractivity contribution in [1.82, 2.24) is 10.2 Å². The molecule has 1 unspecified atom stereocenters. The van der Waals surface area contributed by atoms with Crippen LogP contribution in [-0.4, -0.2) is 39.5 Å². The highest BCUT2D eigenvalue weighted by molar-refractivity contribution is 6.06. The number of aliphatic hydroxyl groups is 1. The van der Waals surface area contributed by atoms with Crippen LogP contribution in [0.4, 0.5) is 24.7 Å². The zero-order valence-corrected chi connectivity index (χ0v) is 21.2. The zero-order chi connectivity index (χ0) is 26.8. The topological polar surface area (TPSA) is 87.6 Å². The van der Waals surface area contributed by atoms with Gasteiger partial charge >= 0.3 is 5.92 Å². The number of halogens is 3. The molecule has 2 N–H and O–H groups in total. The Bertz CT molecular complexity index is 1370. The second-order valence-electron chi connectivity index (χ2n) is 10.2. The van der Waals surface area contributed by atoms with E-state index in [4.69, 9.17) is 4.74 Å². The van der Waals surface area contributed by atoms with Crippen LogP contribution in [0.2, 0.25) is 0 Å². The maximum Gasteiger partial charge on any atom is 0.303 e. The number of amides is 1. The smallest absolute Gasteiger partial charge is 0.303 e. The number of hydrogen-bond donors (Lipinski definition) is 2. The predicted octanol–water partition coefficient (Wildman–Crippen LogP) is 5.25. The quantitative estimate of drug-likeness (QED) is 0.496. The third-order valence-corrected chi connectivity index (χ3v) is 6.55. The number of hydrogen-bond acceptors (Lipinski definition) is 6. The summed E-state index contributed by atoms with van der Waals surface area (Å²) in [4.78, 5) is 14.2. The van der Waals surface area contributed by atoms with Gasteiger partial charge in [0.05, 0.1) is 23.0 Å². The molecular formula is C26H29F3N4O3. The molecule has 1 amide bonds. The van der Waals surface area contributed by atoms with E-state index in [-0.39, 0.29) is 17.3 Å². The number of carbonyl (C=O) groups is 1. The number of likely N-dealkylation sites (N-methyl/N-ethyl adjacent to an activating group) is 1. The summed E-state index contributed by atoms with van der Waals surface area (Å²) in [5.41, 5.74) is -3.26. The minimum Gasteiger partial charge on any atom is -0.476 e. The number of aryl methyl sites for hydroxylation is 1. The Hall–Kier alpha value is -3.40. The molecule has 0 spiro atoms. The Balaban J connectivity index is 1.77. The number of ether oxygens (including phenoxy) is 1. The molecule has 3 aromatic rings. The van der Waals surface area contributed by atoms with Crippen molar-refractivity contribution in [2.24, 2.45) is 0 Å². The summed E-state index contributed by atoms with van der Waals surface area (Å²) < 4.78 is 50.7. The first kappa shape index (κ1) is 25.7. The second kappa shape index (κ2) is 8.33. The Morgan fingerprint density at radius 2 is 1.83 bits per heavy atom. The van der Waals surface area contributed by atoms with Crippen molar-refractivity contribution in [1.29, 1.82) is 0 Å².